The lowest BCUT2D eigenvalue weighted by Gasteiger charge is -2.29. The molecule has 0 radical (unpaired) electrons. The fourth-order valence-electron chi connectivity index (χ4n) is 2.31. The van der Waals surface area contributed by atoms with Gasteiger partial charge in [0.1, 0.15) is 5.54 Å². The number of amides is 2. The Balaban J connectivity index is 2.29. The van der Waals surface area contributed by atoms with E-state index in [4.69, 9.17) is 5.11 Å². The van der Waals surface area contributed by atoms with Crippen LogP contribution in [0.15, 0.2) is 0 Å². The van der Waals surface area contributed by atoms with Crippen molar-refractivity contribution in [1.29, 1.82) is 0 Å². The highest BCUT2D eigenvalue weighted by Gasteiger charge is 2.52. The van der Waals surface area contributed by atoms with Crippen LogP contribution in [-0.4, -0.2) is 40.6 Å². The van der Waals surface area contributed by atoms with Gasteiger partial charge in [-0.25, -0.2) is 4.79 Å². The van der Waals surface area contributed by atoms with Crippen LogP contribution in [0.2, 0.25) is 0 Å². The first-order chi connectivity index (χ1) is 6.17. The van der Waals surface area contributed by atoms with E-state index in [2.05, 4.69) is 5.32 Å². The molecular formula is C8H12N2O3. The van der Waals surface area contributed by atoms with E-state index in [0.29, 0.717) is 25.9 Å². The van der Waals surface area contributed by atoms with Crippen LogP contribution in [-0.2, 0) is 4.79 Å². The summed E-state index contributed by atoms with van der Waals surface area (Å²) in [7, 11) is 0. The van der Waals surface area contributed by atoms with Crippen molar-refractivity contribution in [2.45, 2.75) is 24.8 Å². The van der Waals surface area contributed by atoms with Gasteiger partial charge in [0, 0.05) is 13.1 Å². The van der Waals surface area contributed by atoms with E-state index >= 15 is 0 Å². The van der Waals surface area contributed by atoms with Gasteiger partial charge in [-0.1, -0.05) is 0 Å². The Labute approximate surface area is 75.7 Å². The van der Waals surface area contributed by atoms with Gasteiger partial charge in [0.05, 0.1) is 0 Å². The molecule has 0 saturated carbocycles. The molecule has 2 rings (SSSR count). The number of likely N-dealkylation sites (tertiary alicyclic amines) is 1. The number of carbonyl (C=O) groups is 2. The fraction of sp³-hybridized carbons (Fsp3) is 0.750. The van der Waals surface area contributed by atoms with Crippen molar-refractivity contribution >= 4 is 12.0 Å². The van der Waals surface area contributed by atoms with Gasteiger partial charge < -0.3 is 10.4 Å². The van der Waals surface area contributed by atoms with Crippen LogP contribution in [0.25, 0.3) is 0 Å². The Morgan fingerprint density at radius 1 is 1.54 bits per heavy atom. The number of hydrogen-bond donors (Lipinski definition) is 2. The summed E-state index contributed by atoms with van der Waals surface area (Å²) in [5.74, 6) is -0.118. The van der Waals surface area contributed by atoms with Gasteiger partial charge in [-0.2, -0.15) is 0 Å². The van der Waals surface area contributed by atoms with E-state index in [1.165, 1.54) is 4.90 Å². The van der Waals surface area contributed by atoms with E-state index in [-0.39, 0.29) is 5.91 Å². The molecule has 72 valence electrons. The number of nitrogens with one attached hydrogen (secondary N) is 1. The zero-order valence-electron chi connectivity index (χ0n) is 7.25. The van der Waals surface area contributed by atoms with Crippen LogP contribution >= 0.6 is 0 Å². The van der Waals surface area contributed by atoms with E-state index in [1.54, 1.807) is 0 Å². The average molecular weight is 184 g/mol. The minimum absolute atomic E-state index is 0.118. The Kier molecular flexibility index (Phi) is 1.68. The van der Waals surface area contributed by atoms with Crippen molar-refractivity contribution in [1.82, 2.24) is 10.2 Å². The van der Waals surface area contributed by atoms with Crippen LogP contribution in [0.3, 0.4) is 0 Å². The van der Waals surface area contributed by atoms with Gasteiger partial charge in [0.2, 0.25) is 5.91 Å². The largest absolute Gasteiger partial charge is 0.465 e. The maximum atomic E-state index is 11.5. The Hall–Kier alpha value is -1.26. The summed E-state index contributed by atoms with van der Waals surface area (Å²) in [5, 5.41) is 11.6. The van der Waals surface area contributed by atoms with Crippen molar-refractivity contribution in [2.24, 2.45) is 0 Å². The summed E-state index contributed by atoms with van der Waals surface area (Å²) in [6, 6.07) is 0. The maximum Gasteiger partial charge on any atom is 0.408 e. The smallest absolute Gasteiger partial charge is 0.408 e. The monoisotopic (exact) mass is 184 g/mol. The minimum Gasteiger partial charge on any atom is -0.465 e. The highest BCUT2D eigenvalue weighted by Crippen LogP contribution is 2.35. The van der Waals surface area contributed by atoms with Crippen molar-refractivity contribution in [3.8, 4) is 0 Å². The molecule has 0 unspecified atom stereocenters. The number of carboxylic acid groups (broad SMARTS) is 1. The third-order valence-electron chi connectivity index (χ3n) is 2.97. The molecule has 5 heteroatoms. The molecule has 2 aliphatic rings. The second-order valence-electron chi connectivity index (χ2n) is 3.58. The maximum absolute atomic E-state index is 11.5. The fourth-order valence-corrected chi connectivity index (χ4v) is 2.31. The predicted molar refractivity (Wildman–Crippen MR) is 44.3 cm³/mol. The van der Waals surface area contributed by atoms with Crippen LogP contribution in [0.5, 0.6) is 0 Å². The molecule has 0 aromatic rings. The lowest BCUT2D eigenvalue weighted by molar-refractivity contribution is -0.127. The molecule has 2 amide bonds. The first kappa shape index (κ1) is 8.34. The molecular weight excluding hydrogens is 172 g/mol. The van der Waals surface area contributed by atoms with Gasteiger partial charge in [-0.3, -0.25) is 9.69 Å². The summed E-state index contributed by atoms with van der Waals surface area (Å²) in [6.07, 6.45) is 1.11. The average Bonchev–Trinajstić information content (AvgIpc) is 2.62. The Morgan fingerprint density at radius 2 is 2.31 bits per heavy atom. The van der Waals surface area contributed by atoms with E-state index in [9.17, 15) is 9.59 Å². The number of hydrogen-bond acceptors (Lipinski definition) is 2. The predicted octanol–water partition coefficient (Wildman–Crippen LogP) is 0.0189. The molecule has 2 N–H and O–H groups in total. The highest BCUT2D eigenvalue weighted by molar-refractivity contribution is 5.92. The molecule has 2 aliphatic heterocycles. The zero-order chi connectivity index (χ0) is 9.47. The Morgan fingerprint density at radius 3 is 2.85 bits per heavy atom. The molecule has 13 heavy (non-hydrogen) atoms. The third kappa shape index (κ3) is 0.993. The molecule has 1 spiro atoms. The second-order valence-corrected chi connectivity index (χ2v) is 3.58. The molecule has 0 aliphatic carbocycles. The van der Waals surface area contributed by atoms with Gasteiger partial charge in [-0.05, 0) is 19.3 Å². The minimum atomic E-state index is -0.977. The quantitative estimate of drug-likeness (QED) is 0.557. The molecule has 5 nitrogen and oxygen atoms in total. The summed E-state index contributed by atoms with van der Waals surface area (Å²) in [5.41, 5.74) is -0.730. The molecule has 2 saturated heterocycles. The van der Waals surface area contributed by atoms with E-state index in [1.807, 2.05) is 0 Å². The van der Waals surface area contributed by atoms with Gasteiger partial charge in [0.25, 0.3) is 0 Å². The topological polar surface area (TPSA) is 69.6 Å². The van der Waals surface area contributed by atoms with E-state index < -0.39 is 11.6 Å². The summed E-state index contributed by atoms with van der Waals surface area (Å²) < 4.78 is 0. The summed E-state index contributed by atoms with van der Waals surface area (Å²) >= 11 is 0. The second kappa shape index (κ2) is 2.61. The molecule has 0 aromatic heterocycles. The van der Waals surface area contributed by atoms with Crippen molar-refractivity contribution in [3.05, 3.63) is 0 Å². The SMILES string of the molecule is O=C(O)N1CCC[C@@]12CCNC2=O. The van der Waals surface area contributed by atoms with Crippen LogP contribution in [0, 0.1) is 0 Å². The lowest BCUT2D eigenvalue weighted by Crippen LogP contribution is -2.51. The van der Waals surface area contributed by atoms with Gasteiger partial charge >= 0.3 is 6.09 Å². The first-order valence-electron chi connectivity index (χ1n) is 4.46. The molecule has 0 bridgehead atoms. The Bertz CT molecular complexity index is 262. The molecule has 2 heterocycles. The first-order valence-corrected chi connectivity index (χ1v) is 4.46. The van der Waals surface area contributed by atoms with Crippen LogP contribution in [0.4, 0.5) is 4.79 Å². The zero-order valence-corrected chi connectivity index (χ0v) is 7.25. The number of rotatable bonds is 0. The van der Waals surface area contributed by atoms with Crippen LogP contribution < -0.4 is 5.32 Å². The summed E-state index contributed by atoms with van der Waals surface area (Å²) in [4.78, 5) is 23.6. The van der Waals surface area contributed by atoms with Gasteiger partial charge in [-0.15, -0.1) is 0 Å². The lowest BCUT2D eigenvalue weighted by atomic mass is 9.95. The normalized spacial score (nSPS) is 32.6. The molecule has 0 aromatic carbocycles. The third-order valence-corrected chi connectivity index (χ3v) is 2.97. The number of carbonyl (C=O) groups excluding carboxylic acids is 1. The van der Waals surface area contributed by atoms with Gasteiger partial charge in [0.15, 0.2) is 0 Å². The number of nitrogens with zero attached hydrogens (tertiary/aromatic N) is 1. The van der Waals surface area contributed by atoms with Crippen molar-refractivity contribution in [3.63, 3.8) is 0 Å². The standard InChI is InChI=1S/C8H12N2O3/c11-6-8(3-4-9-6)2-1-5-10(8)7(12)13/h1-5H2,(H,9,11)(H,12,13)/t8-/m0/s1. The molecule has 1 atom stereocenters. The van der Waals surface area contributed by atoms with Crippen LogP contribution in [0.1, 0.15) is 19.3 Å². The highest BCUT2D eigenvalue weighted by atomic mass is 16.4. The summed E-state index contributed by atoms with van der Waals surface area (Å²) in [6.45, 7) is 1.09. The van der Waals surface area contributed by atoms with E-state index in [0.717, 1.165) is 6.42 Å². The van der Waals surface area contributed by atoms with Crippen molar-refractivity contribution in [2.75, 3.05) is 13.1 Å². The molecule has 2 fully saturated rings. The van der Waals surface area contributed by atoms with Crippen molar-refractivity contribution < 1.29 is 14.7 Å².